The first-order valence-electron chi connectivity index (χ1n) is 8.18. The fourth-order valence-corrected chi connectivity index (χ4v) is 3.71. The number of aliphatic hydroxyl groups is 1. The number of furan rings is 1. The molecule has 3 aromatic heterocycles. The zero-order valence-electron chi connectivity index (χ0n) is 14.0. The van der Waals surface area contributed by atoms with Crippen molar-refractivity contribution in [3.05, 3.63) is 92.9 Å². The normalized spacial score (nSPS) is 13.4. The molecule has 7 heteroatoms. The van der Waals surface area contributed by atoms with Crippen LogP contribution in [0.1, 0.15) is 20.8 Å². The molecule has 136 valence electrons. The third kappa shape index (κ3) is 3.18. The van der Waals surface area contributed by atoms with E-state index in [1.165, 1.54) is 29.9 Å². The summed E-state index contributed by atoms with van der Waals surface area (Å²) in [5.74, 6) is -0.618. The topological polar surface area (TPSA) is 92.7 Å². The lowest BCUT2D eigenvalue weighted by atomic mass is 9.94. The Kier molecular flexibility index (Phi) is 4.39. The molecule has 0 aliphatic heterocycles. The number of para-hydroxylation sites is 1. The predicted octanol–water partition coefficient (Wildman–Crippen LogP) is 3.11. The van der Waals surface area contributed by atoms with Gasteiger partial charge < -0.3 is 19.3 Å². The van der Waals surface area contributed by atoms with E-state index in [9.17, 15) is 14.7 Å². The molecule has 3 heterocycles. The number of amides is 1. The van der Waals surface area contributed by atoms with Crippen LogP contribution in [-0.2, 0) is 5.60 Å². The molecule has 4 rings (SSSR count). The van der Waals surface area contributed by atoms with Gasteiger partial charge in [0, 0.05) is 15.8 Å². The minimum absolute atomic E-state index is 0.116. The van der Waals surface area contributed by atoms with E-state index >= 15 is 0 Å². The van der Waals surface area contributed by atoms with Gasteiger partial charge in [0.2, 0.25) is 0 Å². The van der Waals surface area contributed by atoms with Crippen LogP contribution < -0.4 is 10.9 Å². The summed E-state index contributed by atoms with van der Waals surface area (Å²) in [4.78, 5) is 25.4. The van der Waals surface area contributed by atoms with E-state index in [1.807, 2.05) is 11.4 Å². The zero-order chi connectivity index (χ0) is 18.9. The minimum Gasteiger partial charge on any atom is -0.472 e. The Morgan fingerprint density at radius 2 is 2.04 bits per heavy atom. The molecule has 6 nitrogen and oxygen atoms in total. The standard InChI is InChI=1S/C20H15NO5S/c22-18(15-10-13-4-1-2-5-16(13)26-19(15)23)21-12-20(24,14-7-8-25-11-14)17-6-3-9-27-17/h1-11,24H,12H2,(H,21,22)/t20-/m1/s1. The van der Waals surface area contributed by atoms with Crippen molar-refractivity contribution in [1.29, 1.82) is 0 Å². The lowest BCUT2D eigenvalue weighted by Crippen LogP contribution is -2.42. The summed E-state index contributed by atoms with van der Waals surface area (Å²) < 4.78 is 10.3. The van der Waals surface area contributed by atoms with Crippen LogP contribution in [0.5, 0.6) is 0 Å². The second-order valence-corrected chi connectivity index (χ2v) is 6.97. The van der Waals surface area contributed by atoms with Crippen LogP contribution in [0.25, 0.3) is 11.0 Å². The number of benzene rings is 1. The first kappa shape index (κ1) is 17.3. The van der Waals surface area contributed by atoms with Crippen molar-refractivity contribution in [2.24, 2.45) is 0 Å². The number of carbonyl (C=O) groups excluding carboxylic acids is 1. The molecular formula is C20H15NO5S. The summed E-state index contributed by atoms with van der Waals surface area (Å²) in [5.41, 5.74) is -1.39. The molecule has 1 aromatic carbocycles. The van der Waals surface area contributed by atoms with E-state index in [-0.39, 0.29) is 12.1 Å². The van der Waals surface area contributed by atoms with Crippen molar-refractivity contribution in [3.8, 4) is 0 Å². The van der Waals surface area contributed by atoms with Crippen LogP contribution in [0.4, 0.5) is 0 Å². The lowest BCUT2D eigenvalue weighted by molar-refractivity contribution is 0.0712. The van der Waals surface area contributed by atoms with E-state index in [0.717, 1.165) is 0 Å². The first-order chi connectivity index (χ1) is 13.1. The average Bonchev–Trinajstić information content (AvgIpc) is 3.39. The molecule has 0 unspecified atom stereocenters. The fourth-order valence-electron chi connectivity index (χ4n) is 2.87. The van der Waals surface area contributed by atoms with Gasteiger partial charge in [-0.05, 0) is 29.6 Å². The van der Waals surface area contributed by atoms with Crippen molar-refractivity contribution in [2.45, 2.75) is 5.60 Å². The SMILES string of the molecule is O=C(NC[C@@](O)(c1ccoc1)c1cccs1)c1cc2ccccc2oc1=O. The van der Waals surface area contributed by atoms with Crippen LogP contribution in [0.15, 0.2) is 80.1 Å². The number of thiophene rings is 1. The van der Waals surface area contributed by atoms with Gasteiger partial charge in [-0.2, -0.15) is 0 Å². The molecule has 27 heavy (non-hydrogen) atoms. The van der Waals surface area contributed by atoms with Crippen LogP contribution in [0.3, 0.4) is 0 Å². The fraction of sp³-hybridized carbons (Fsp3) is 0.100. The molecule has 0 radical (unpaired) electrons. The second-order valence-electron chi connectivity index (χ2n) is 6.02. The van der Waals surface area contributed by atoms with Crippen LogP contribution in [0.2, 0.25) is 0 Å². The number of hydrogen-bond acceptors (Lipinski definition) is 6. The smallest absolute Gasteiger partial charge is 0.349 e. The molecule has 4 aromatic rings. The summed E-state index contributed by atoms with van der Waals surface area (Å²) in [7, 11) is 0. The zero-order valence-corrected chi connectivity index (χ0v) is 14.9. The molecule has 0 saturated heterocycles. The molecule has 1 amide bonds. The molecular weight excluding hydrogens is 366 g/mol. The molecule has 2 N–H and O–H groups in total. The van der Waals surface area contributed by atoms with Gasteiger partial charge >= 0.3 is 5.63 Å². The van der Waals surface area contributed by atoms with Gasteiger partial charge in [-0.15, -0.1) is 11.3 Å². The summed E-state index contributed by atoms with van der Waals surface area (Å²) >= 11 is 1.36. The maximum absolute atomic E-state index is 12.6. The maximum atomic E-state index is 12.6. The van der Waals surface area contributed by atoms with Crippen LogP contribution >= 0.6 is 11.3 Å². The summed E-state index contributed by atoms with van der Waals surface area (Å²) in [6.07, 6.45) is 2.88. The van der Waals surface area contributed by atoms with E-state index in [1.54, 1.807) is 36.4 Å². The van der Waals surface area contributed by atoms with E-state index in [0.29, 0.717) is 21.4 Å². The van der Waals surface area contributed by atoms with Gasteiger partial charge in [-0.1, -0.05) is 24.3 Å². The molecule has 0 bridgehead atoms. The largest absolute Gasteiger partial charge is 0.472 e. The Morgan fingerprint density at radius 1 is 1.19 bits per heavy atom. The van der Waals surface area contributed by atoms with E-state index in [4.69, 9.17) is 8.83 Å². The van der Waals surface area contributed by atoms with Crippen LogP contribution in [0, 0.1) is 0 Å². The van der Waals surface area contributed by atoms with Crippen molar-refractivity contribution in [1.82, 2.24) is 5.32 Å². The van der Waals surface area contributed by atoms with E-state index < -0.39 is 17.1 Å². The van der Waals surface area contributed by atoms with Crippen LogP contribution in [-0.4, -0.2) is 17.6 Å². The summed E-state index contributed by atoms with van der Waals surface area (Å²) in [6, 6.07) is 13.7. The number of fused-ring (bicyclic) bond motifs is 1. The van der Waals surface area contributed by atoms with Gasteiger partial charge in [0.05, 0.1) is 19.1 Å². The quantitative estimate of drug-likeness (QED) is 0.518. The highest BCUT2D eigenvalue weighted by atomic mass is 32.1. The van der Waals surface area contributed by atoms with Gasteiger partial charge in [-0.25, -0.2) is 4.79 Å². The Hall–Kier alpha value is -3.16. The average molecular weight is 381 g/mol. The highest BCUT2D eigenvalue weighted by molar-refractivity contribution is 7.10. The molecule has 0 spiro atoms. The molecule has 1 atom stereocenters. The monoisotopic (exact) mass is 381 g/mol. The Balaban J connectivity index is 1.63. The number of carbonyl (C=O) groups is 1. The number of rotatable bonds is 5. The highest BCUT2D eigenvalue weighted by Gasteiger charge is 2.34. The van der Waals surface area contributed by atoms with Gasteiger partial charge in [0.25, 0.3) is 5.91 Å². The number of nitrogens with one attached hydrogen (secondary N) is 1. The van der Waals surface area contributed by atoms with Gasteiger partial charge in [0.15, 0.2) is 0 Å². The van der Waals surface area contributed by atoms with Crippen molar-refractivity contribution >= 4 is 28.2 Å². The van der Waals surface area contributed by atoms with Crippen molar-refractivity contribution in [3.63, 3.8) is 0 Å². The van der Waals surface area contributed by atoms with E-state index in [2.05, 4.69) is 5.32 Å². The molecule has 0 aliphatic carbocycles. The minimum atomic E-state index is -1.46. The Bertz CT molecular complexity index is 1090. The van der Waals surface area contributed by atoms with Gasteiger partial charge in [-0.3, -0.25) is 4.79 Å². The van der Waals surface area contributed by atoms with Gasteiger partial charge in [0.1, 0.15) is 16.7 Å². The maximum Gasteiger partial charge on any atom is 0.349 e. The van der Waals surface area contributed by atoms with Crippen molar-refractivity contribution < 1.29 is 18.7 Å². The summed E-state index contributed by atoms with van der Waals surface area (Å²) in [5, 5.41) is 16.3. The first-order valence-corrected chi connectivity index (χ1v) is 9.06. The lowest BCUT2D eigenvalue weighted by Gasteiger charge is -2.26. The Labute approximate surface area is 157 Å². The molecule has 0 aliphatic rings. The van der Waals surface area contributed by atoms with Crippen molar-refractivity contribution in [2.75, 3.05) is 6.54 Å². The third-order valence-electron chi connectivity index (χ3n) is 4.32. The second kappa shape index (κ2) is 6.86. The molecule has 0 saturated carbocycles. The summed E-state index contributed by atoms with van der Waals surface area (Å²) in [6.45, 7) is -0.127. The molecule has 0 fully saturated rings. The predicted molar refractivity (Wildman–Crippen MR) is 101 cm³/mol. The number of hydrogen-bond donors (Lipinski definition) is 2. The third-order valence-corrected chi connectivity index (χ3v) is 5.34. The Morgan fingerprint density at radius 3 is 2.78 bits per heavy atom. The highest BCUT2D eigenvalue weighted by Crippen LogP contribution is 2.32.